The molecule has 0 aromatic heterocycles. The molecule has 2 aromatic carbocycles. The molecule has 252 valence electrons. The molecular weight excluding hydrogens is 604 g/mol. The van der Waals surface area contributed by atoms with Crippen LogP contribution in [0.25, 0.3) is 0 Å². The summed E-state index contributed by atoms with van der Waals surface area (Å²) < 4.78 is 10.8. The largest absolute Gasteiger partial charge is 0.519 e. The first kappa shape index (κ1) is 37.5. The number of ether oxygens (including phenoxy) is 2. The molecule has 0 bridgehead atoms. The number of hydrogen-bond acceptors (Lipinski definition) is 11. The van der Waals surface area contributed by atoms with Crippen molar-refractivity contribution in [2.24, 2.45) is 0 Å². The van der Waals surface area contributed by atoms with Crippen molar-refractivity contribution in [2.75, 3.05) is 0 Å². The van der Waals surface area contributed by atoms with E-state index in [0.717, 1.165) is 0 Å². The fourth-order valence-corrected chi connectivity index (χ4v) is 5.82. The molecule has 0 aliphatic heterocycles. The third-order valence-electron chi connectivity index (χ3n) is 8.54. The van der Waals surface area contributed by atoms with Crippen molar-refractivity contribution < 1.29 is 34.0 Å². The molecule has 0 aliphatic carbocycles. The summed E-state index contributed by atoms with van der Waals surface area (Å²) in [5.74, 6) is -1.22. The van der Waals surface area contributed by atoms with E-state index in [1.54, 1.807) is 65.8 Å². The number of aryl methyl sites for hydroxylation is 2. The SMILES string of the molecule is CCC(CC(c1ccc(OC(=O)Oc2ccc(C(CC(CC)[N+](=O)[O-])C(CC)[N+](=O)[O-])cc2C)c(C)c1)C(CC)[N+](=O)[O-])[N+](=O)[O-]. The minimum Gasteiger partial charge on any atom is -0.394 e. The topological polar surface area (TPSA) is 208 Å². The molecule has 15 nitrogen and oxygen atoms in total. The summed E-state index contributed by atoms with van der Waals surface area (Å²) in [6, 6.07) is 5.25. The van der Waals surface area contributed by atoms with Crippen LogP contribution in [0, 0.1) is 54.3 Å². The highest BCUT2D eigenvalue weighted by atomic mass is 16.7. The predicted molar refractivity (Wildman–Crippen MR) is 168 cm³/mol. The number of benzene rings is 2. The van der Waals surface area contributed by atoms with Crippen LogP contribution in [-0.2, 0) is 0 Å². The average Bonchev–Trinajstić information content (AvgIpc) is 2.98. The van der Waals surface area contributed by atoms with E-state index in [9.17, 15) is 45.3 Å². The Bertz CT molecular complexity index is 1310. The van der Waals surface area contributed by atoms with Gasteiger partial charge in [-0.05, 0) is 48.2 Å². The molecule has 0 aliphatic rings. The zero-order valence-corrected chi connectivity index (χ0v) is 27.0. The van der Waals surface area contributed by atoms with Gasteiger partial charge in [0.25, 0.3) is 0 Å². The van der Waals surface area contributed by atoms with Crippen molar-refractivity contribution >= 4 is 6.16 Å². The number of rotatable bonds is 18. The van der Waals surface area contributed by atoms with Crippen LogP contribution in [0.5, 0.6) is 11.5 Å². The zero-order chi connectivity index (χ0) is 34.7. The summed E-state index contributed by atoms with van der Waals surface area (Å²) in [4.78, 5) is 57.7. The first-order valence-electron chi connectivity index (χ1n) is 15.3. The smallest absolute Gasteiger partial charge is 0.394 e. The van der Waals surface area contributed by atoms with Crippen LogP contribution in [0.15, 0.2) is 36.4 Å². The number of nitro groups is 4. The maximum Gasteiger partial charge on any atom is 0.519 e. The molecule has 0 radical (unpaired) electrons. The maximum atomic E-state index is 12.8. The zero-order valence-electron chi connectivity index (χ0n) is 27.0. The molecular formula is C31H42N4O11. The average molecular weight is 647 g/mol. The molecule has 46 heavy (non-hydrogen) atoms. The summed E-state index contributed by atoms with van der Waals surface area (Å²) in [7, 11) is 0. The fraction of sp³-hybridized carbons (Fsp3) is 0.581. The van der Waals surface area contributed by atoms with Crippen LogP contribution in [0.4, 0.5) is 4.79 Å². The van der Waals surface area contributed by atoms with Crippen LogP contribution in [0.3, 0.4) is 0 Å². The number of carbonyl (C=O) groups excluding carboxylic acids is 1. The van der Waals surface area contributed by atoms with Crippen LogP contribution in [-0.4, -0.2) is 50.0 Å². The molecule has 0 spiro atoms. The summed E-state index contributed by atoms with van der Waals surface area (Å²) in [6.07, 6.45) is -0.329. The second kappa shape index (κ2) is 17.1. The van der Waals surface area contributed by atoms with Crippen molar-refractivity contribution in [3.8, 4) is 11.5 Å². The van der Waals surface area contributed by atoms with Crippen LogP contribution < -0.4 is 9.47 Å². The Balaban J connectivity index is 2.30. The van der Waals surface area contributed by atoms with Gasteiger partial charge in [-0.15, -0.1) is 0 Å². The van der Waals surface area contributed by atoms with Gasteiger partial charge >= 0.3 is 6.16 Å². The van der Waals surface area contributed by atoms with Gasteiger partial charge in [0.2, 0.25) is 24.2 Å². The summed E-state index contributed by atoms with van der Waals surface area (Å²) in [5, 5.41) is 46.6. The molecule has 2 rings (SSSR count). The number of nitrogens with zero attached hydrogens (tertiary/aromatic N) is 4. The fourth-order valence-electron chi connectivity index (χ4n) is 5.82. The third-order valence-corrected chi connectivity index (χ3v) is 8.54. The third kappa shape index (κ3) is 9.65. The van der Waals surface area contributed by atoms with E-state index >= 15 is 0 Å². The highest BCUT2D eigenvalue weighted by Crippen LogP contribution is 2.35. The van der Waals surface area contributed by atoms with E-state index in [4.69, 9.17) is 9.47 Å². The van der Waals surface area contributed by atoms with Crippen LogP contribution in [0.1, 0.15) is 100 Å². The van der Waals surface area contributed by atoms with E-state index in [0.29, 0.717) is 22.3 Å². The van der Waals surface area contributed by atoms with Gasteiger partial charge in [-0.3, -0.25) is 40.5 Å². The molecule has 0 saturated heterocycles. The maximum absolute atomic E-state index is 12.8. The highest BCUT2D eigenvalue weighted by Gasteiger charge is 2.38. The van der Waals surface area contributed by atoms with E-state index in [1.807, 2.05) is 0 Å². The lowest BCUT2D eigenvalue weighted by molar-refractivity contribution is -0.541. The van der Waals surface area contributed by atoms with Gasteiger partial charge < -0.3 is 9.47 Å². The molecule has 15 heteroatoms. The summed E-state index contributed by atoms with van der Waals surface area (Å²) in [6.45, 7) is 9.89. The Hall–Kier alpha value is -4.69. The molecule has 0 fully saturated rings. The van der Waals surface area contributed by atoms with Gasteiger partial charge in [0.1, 0.15) is 11.5 Å². The molecule has 0 saturated carbocycles. The Kier molecular flexibility index (Phi) is 14.0. The Morgan fingerprint density at radius 1 is 0.609 bits per heavy atom. The Labute approximate surface area is 266 Å². The van der Waals surface area contributed by atoms with Crippen molar-refractivity contribution in [1.29, 1.82) is 0 Å². The normalized spacial score (nSPS) is 15.1. The van der Waals surface area contributed by atoms with Gasteiger partial charge in [-0.25, -0.2) is 4.79 Å². The van der Waals surface area contributed by atoms with Crippen LogP contribution in [0.2, 0.25) is 0 Å². The number of hydrogen-bond donors (Lipinski definition) is 0. The van der Waals surface area contributed by atoms with E-state index < -0.39 is 61.9 Å². The van der Waals surface area contributed by atoms with Gasteiger partial charge in [-0.1, -0.05) is 52.0 Å². The molecule has 0 N–H and O–H groups in total. The molecule has 6 atom stereocenters. The summed E-state index contributed by atoms with van der Waals surface area (Å²) in [5.41, 5.74) is 1.96. The number of carbonyl (C=O) groups is 1. The minimum absolute atomic E-state index is 0.0212. The molecule has 6 unspecified atom stereocenters. The second-order valence-electron chi connectivity index (χ2n) is 11.4. The van der Waals surface area contributed by atoms with Crippen molar-refractivity contribution in [1.82, 2.24) is 0 Å². The van der Waals surface area contributed by atoms with Gasteiger partial charge in [0.15, 0.2) is 0 Å². The minimum atomic E-state index is -1.08. The lowest BCUT2D eigenvalue weighted by Gasteiger charge is -2.23. The standard InChI is InChI=1S/C31H42N4O11/c1-7-23(32(37)38)17-25(27(9-3)34(41)42)21-11-13-29(19(5)15-21)45-31(36)46-30-14-12-22(16-20(30)6)26(28(10-4)35(43)44)18-24(8-2)33(39)40/h11-16,23-28H,7-10,17-18H2,1-6H3. The monoisotopic (exact) mass is 646 g/mol. The highest BCUT2D eigenvalue weighted by molar-refractivity contribution is 5.68. The Morgan fingerprint density at radius 2 is 0.957 bits per heavy atom. The van der Waals surface area contributed by atoms with Crippen molar-refractivity contribution in [2.45, 2.75) is 116 Å². The molecule has 0 heterocycles. The first-order valence-corrected chi connectivity index (χ1v) is 15.3. The van der Waals surface area contributed by atoms with Gasteiger partial charge in [-0.2, -0.15) is 0 Å². The first-order chi connectivity index (χ1) is 21.7. The van der Waals surface area contributed by atoms with Gasteiger partial charge in [0.05, 0.1) is 11.8 Å². The molecule has 2 aromatic rings. The van der Waals surface area contributed by atoms with Crippen molar-refractivity contribution in [3.05, 3.63) is 99.1 Å². The van der Waals surface area contributed by atoms with E-state index in [-0.39, 0.29) is 50.0 Å². The lowest BCUT2D eigenvalue weighted by atomic mass is 9.84. The van der Waals surface area contributed by atoms with Crippen molar-refractivity contribution in [3.63, 3.8) is 0 Å². The Morgan fingerprint density at radius 3 is 1.20 bits per heavy atom. The van der Waals surface area contributed by atoms with Gasteiger partial charge in [0, 0.05) is 58.2 Å². The van der Waals surface area contributed by atoms with Crippen LogP contribution >= 0.6 is 0 Å². The molecule has 0 amide bonds. The quantitative estimate of drug-likeness (QED) is 0.0693. The second-order valence-corrected chi connectivity index (χ2v) is 11.4. The predicted octanol–water partition coefficient (Wildman–Crippen LogP) is 7.05. The lowest BCUT2D eigenvalue weighted by Crippen LogP contribution is -2.32. The van der Waals surface area contributed by atoms with E-state index in [2.05, 4.69) is 0 Å². The van der Waals surface area contributed by atoms with E-state index in [1.165, 1.54) is 12.1 Å². The summed E-state index contributed by atoms with van der Waals surface area (Å²) >= 11 is 0.